The molecular weight excluding hydrogens is 184 g/mol. The molecule has 1 heterocycles. The zero-order valence-corrected chi connectivity index (χ0v) is 8.48. The van der Waals surface area contributed by atoms with Gasteiger partial charge in [-0.15, -0.1) is 0 Å². The molecule has 0 aromatic carbocycles. The van der Waals surface area contributed by atoms with Crippen LogP contribution in [-0.2, 0) is 4.79 Å². The van der Waals surface area contributed by atoms with Crippen LogP contribution in [0.3, 0.4) is 0 Å². The number of nitriles is 1. The molecule has 0 saturated carbocycles. The first-order valence-electron chi connectivity index (χ1n) is 4.63. The Morgan fingerprint density at radius 3 is 2.46 bits per heavy atom. The highest BCUT2D eigenvalue weighted by Crippen LogP contribution is 2.11. The van der Waals surface area contributed by atoms with Crippen LogP contribution in [0, 0.1) is 10.7 Å². The molecular formula is C9H14N2OS. The smallest absolute Gasteiger partial charge is 0.233 e. The van der Waals surface area contributed by atoms with Crippen molar-refractivity contribution >= 4 is 17.7 Å². The van der Waals surface area contributed by atoms with Gasteiger partial charge in [0.25, 0.3) is 0 Å². The van der Waals surface area contributed by atoms with Crippen LogP contribution < -0.4 is 0 Å². The first kappa shape index (κ1) is 10.4. The fourth-order valence-corrected chi connectivity index (χ4v) is 1.88. The fraction of sp³-hybridized carbons (Fsp3) is 0.778. The van der Waals surface area contributed by atoms with E-state index >= 15 is 0 Å². The molecule has 0 atom stereocenters. The largest absolute Gasteiger partial charge is 0.342 e. The minimum absolute atomic E-state index is 0.119. The highest BCUT2D eigenvalue weighted by atomic mass is 32.2. The Hall–Kier alpha value is -0.690. The summed E-state index contributed by atoms with van der Waals surface area (Å²) >= 11 is 1.03. The first-order valence-corrected chi connectivity index (χ1v) is 5.62. The van der Waals surface area contributed by atoms with Crippen LogP contribution in [0.25, 0.3) is 0 Å². The van der Waals surface area contributed by atoms with Crippen LogP contribution in [0.5, 0.6) is 0 Å². The summed E-state index contributed by atoms with van der Waals surface area (Å²) in [5, 5.41) is 10.2. The molecule has 3 nitrogen and oxygen atoms in total. The van der Waals surface area contributed by atoms with E-state index in [4.69, 9.17) is 5.26 Å². The molecule has 0 spiro atoms. The predicted molar refractivity (Wildman–Crippen MR) is 53.1 cm³/mol. The Morgan fingerprint density at radius 1 is 1.31 bits per heavy atom. The number of hydrogen-bond donors (Lipinski definition) is 0. The van der Waals surface area contributed by atoms with E-state index in [9.17, 15) is 4.79 Å². The van der Waals surface area contributed by atoms with Crippen molar-refractivity contribution in [3.8, 4) is 5.40 Å². The third kappa shape index (κ3) is 3.69. The summed E-state index contributed by atoms with van der Waals surface area (Å²) in [5.41, 5.74) is 0. The van der Waals surface area contributed by atoms with Crippen LogP contribution >= 0.6 is 11.8 Å². The van der Waals surface area contributed by atoms with Crippen LogP contribution in [0.15, 0.2) is 0 Å². The summed E-state index contributed by atoms with van der Waals surface area (Å²) in [4.78, 5) is 13.4. The van der Waals surface area contributed by atoms with Gasteiger partial charge in [-0.1, -0.05) is 12.8 Å². The van der Waals surface area contributed by atoms with Gasteiger partial charge in [-0.25, -0.2) is 0 Å². The Morgan fingerprint density at radius 2 is 1.92 bits per heavy atom. The van der Waals surface area contributed by atoms with Gasteiger partial charge in [0.1, 0.15) is 5.40 Å². The molecule has 1 aliphatic heterocycles. The monoisotopic (exact) mass is 198 g/mol. The lowest BCUT2D eigenvalue weighted by Gasteiger charge is -2.19. The van der Waals surface area contributed by atoms with Crippen LogP contribution in [0.4, 0.5) is 0 Å². The van der Waals surface area contributed by atoms with Crippen molar-refractivity contribution in [3.63, 3.8) is 0 Å². The van der Waals surface area contributed by atoms with E-state index in [1.807, 2.05) is 10.3 Å². The standard InChI is InChI=1S/C9H14N2OS/c10-8-13-7-9(12)11-5-3-1-2-4-6-11/h1-7H2. The molecule has 13 heavy (non-hydrogen) atoms. The van der Waals surface area contributed by atoms with Crippen molar-refractivity contribution < 1.29 is 4.79 Å². The molecule has 1 amide bonds. The Balaban J connectivity index is 2.31. The number of rotatable bonds is 2. The number of carbonyl (C=O) groups is 1. The third-order valence-electron chi connectivity index (χ3n) is 2.22. The quantitative estimate of drug-likeness (QED) is 0.633. The molecule has 0 N–H and O–H groups in total. The minimum atomic E-state index is 0.119. The third-order valence-corrected chi connectivity index (χ3v) is 2.74. The maximum Gasteiger partial charge on any atom is 0.233 e. The zero-order chi connectivity index (χ0) is 9.52. The van der Waals surface area contributed by atoms with Crippen molar-refractivity contribution in [3.05, 3.63) is 0 Å². The second-order valence-electron chi connectivity index (χ2n) is 3.17. The summed E-state index contributed by atoms with van der Waals surface area (Å²) in [6, 6.07) is 0. The van der Waals surface area contributed by atoms with E-state index in [1.165, 1.54) is 12.8 Å². The lowest BCUT2D eigenvalue weighted by molar-refractivity contribution is -0.128. The van der Waals surface area contributed by atoms with Crippen molar-refractivity contribution in [2.24, 2.45) is 0 Å². The molecule has 0 radical (unpaired) electrons. The van der Waals surface area contributed by atoms with Gasteiger partial charge in [0.15, 0.2) is 0 Å². The van der Waals surface area contributed by atoms with Gasteiger partial charge in [-0.3, -0.25) is 4.79 Å². The van der Waals surface area contributed by atoms with Crippen molar-refractivity contribution in [2.45, 2.75) is 25.7 Å². The summed E-state index contributed by atoms with van der Waals surface area (Å²) in [7, 11) is 0. The molecule has 0 bridgehead atoms. The second kappa shape index (κ2) is 5.87. The van der Waals surface area contributed by atoms with Gasteiger partial charge in [0.05, 0.1) is 5.75 Å². The van der Waals surface area contributed by atoms with Crippen LogP contribution in [0.2, 0.25) is 0 Å². The normalized spacial score (nSPS) is 17.6. The maximum atomic E-state index is 11.5. The first-order chi connectivity index (χ1) is 6.34. The fourth-order valence-electron chi connectivity index (χ4n) is 1.51. The second-order valence-corrected chi connectivity index (χ2v) is 3.93. The molecule has 0 aliphatic carbocycles. The molecule has 0 aromatic heterocycles. The van der Waals surface area contributed by atoms with Crippen molar-refractivity contribution in [2.75, 3.05) is 18.8 Å². The number of nitrogens with zero attached hydrogens (tertiary/aromatic N) is 2. The topological polar surface area (TPSA) is 44.1 Å². The average molecular weight is 198 g/mol. The SMILES string of the molecule is N#CSCC(=O)N1CCCCCC1. The average Bonchev–Trinajstić information content (AvgIpc) is 2.42. The summed E-state index contributed by atoms with van der Waals surface area (Å²) < 4.78 is 0. The van der Waals surface area contributed by atoms with Gasteiger partial charge in [0, 0.05) is 13.1 Å². The molecule has 4 heteroatoms. The zero-order valence-electron chi connectivity index (χ0n) is 7.66. The summed E-state index contributed by atoms with van der Waals surface area (Å²) in [5.74, 6) is 0.435. The van der Waals surface area contributed by atoms with Gasteiger partial charge in [0.2, 0.25) is 5.91 Å². The molecule has 1 saturated heterocycles. The lowest BCUT2D eigenvalue weighted by Crippen LogP contribution is -2.33. The van der Waals surface area contributed by atoms with Gasteiger partial charge < -0.3 is 4.90 Å². The van der Waals surface area contributed by atoms with Gasteiger partial charge >= 0.3 is 0 Å². The number of hydrogen-bond acceptors (Lipinski definition) is 3. The van der Waals surface area contributed by atoms with Crippen LogP contribution in [0.1, 0.15) is 25.7 Å². The Kier molecular flexibility index (Phi) is 4.69. The van der Waals surface area contributed by atoms with E-state index in [-0.39, 0.29) is 5.91 Å². The predicted octanol–water partition coefficient (Wildman–Crippen LogP) is 1.60. The van der Waals surface area contributed by atoms with E-state index < -0.39 is 0 Å². The number of thioether (sulfide) groups is 1. The molecule has 0 aromatic rings. The maximum absolute atomic E-state index is 11.5. The minimum Gasteiger partial charge on any atom is -0.342 e. The molecule has 1 fully saturated rings. The molecule has 1 rings (SSSR count). The summed E-state index contributed by atoms with van der Waals surface area (Å²) in [6.07, 6.45) is 4.69. The van der Waals surface area contributed by atoms with E-state index in [1.54, 1.807) is 0 Å². The van der Waals surface area contributed by atoms with E-state index in [0.29, 0.717) is 5.75 Å². The number of carbonyl (C=O) groups excluding carboxylic acids is 1. The molecule has 0 unspecified atom stereocenters. The van der Waals surface area contributed by atoms with E-state index in [2.05, 4.69) is 0 Å². The van der Waals surface area contributed by atoms with Crippen LogP contribution in [-0.4, -0.2) is 29.6 Å². The Labute approximate surface area is 83.1 Å². The number of amides is 1. The van der Waals surface area contributed by atoms with Gasteiger partial charge in [-0.05, 0) is 24.6 Å². The van der Waals surface area contributed by atoms with Gasteiger partial charge in [-0.2, -0.15) is 5.26 Å². The summed E-state index contributed by atoms with van der Waals surface area (Å²) in [6.45, 7) is 1.76. The van der Waals surface area contributed by atoms with E-state index in [0.717, 1.165) is 37.7 Å². The number of likely N-dealkylation sites (tertiary alicyclic amines) is 1. The van der Waals surface area contributed by atoms with Crippen molar-refractivity contribution in [1.82, 2.24) is 4.90 Å². The number of thiocyanates is 1. The lowest BCUT2D eigenvalue weighted by atomic mass is 10.2. The highest BCUT2D eigenvalue weighted by molar-refractivity contribution is 8.04. The highest BCUT2D eigenvalue weighted by Gasteiger charge is 2.14. The molecule has 72 valence electrons. The van der Waals surface area contributed by atoms with Crippen molar-refractivity contribution in [1.29, 1.82) is 5.26 Å². The molecule has 1 aliphatic rings. The Bertz CT molecular complexity index is 204.